The van der Waals surface area contributed by atoms with Crippen LogP contribution in [0.3, 0.4) is 0 Å². The Morgan fingerprint density at radius 3 is 1.17 bits per heavy atom. The van der Waals surface area contributed by atoms with E-state index in [0.29, 0.717) is 0 Å². The van der Waals surface area contributed by atoms with E-state index in [-0.39, 0.29) is 0 Å². The molecule has 0 atom stereocenters. The molecule has 0 radical (unpaired) electrons. The van der Waals surface area contributed by atoms with Crippen LogP contribution < -0.4 is 9.36 Å². The van der Waals surface area contributed by atoms with Gasteiger partial charge in [-0.15, -0.1) is 9.36 Å². The Hall–Kier alpha value is -3.74. The topological polar surface area (TPSA) is 154 Å². The summed E-state index contributed by atoms with van der Waals surface area (Å²) in [6.45, 7) is 13.7. The lowest BCUT2D eigenvalue weighted by Gasteiger charge is -2.08. The van der Waals surface area contributed by atoms with Crippen LogP contribution in [0.2, 0.25) is 0 Å². The summed E-state index contributed by atoms with van der Waals surface area (Å²) in [4.78, 5) is 0. The molecule has 4 aromatic rings. The fourth-order valence-corrected chi connectivity index (χ4v) is 3.22. The van der Waals surface area contributed by atoms with Gasteiger partial charge in [0.1, 0.15) is 11.4 Å². The van der Waals surface area contributed by atoms with E-state index in [1.165, 1.54) is 21.8 Å². The lowest BCUT2D eigenvalue weighted by Crippen LogP contribution is -2.34. The standard InChI is InChI=1S/2C11H12N2.2CHF3O3S/c2*1-3-10-9-7-5-6-8-11(9)13(4-2)12-10;2*2-1(3,4)8(5,6)7/h2*3,5-8H,1,4H2,2H3;2*(H,5,6,7). The fourth-order valence-electron chi connectivity index (χ4n) is 3.22. The van der Waals surface area contributed by atoms with Crippen LogP contribution in [0.1, 0.15) is 25.2 Å². The molecule has 0 aliphatic rings. The average Bonchev–Trinajstić information content (AvgIpc) is 3.45. The van der Waals surface area contributed by atoms with Gasteiger partial charge in [0.2, 0.25) is 11.0 Å². The van der Waals surface area contributed by atoms with Crippen LogP contribution in [-0.2, 0) is 33.3 Å². The number of nitrogens with one attached hydrogen (secondary N) is 2. The summed E-state index contributed by atoms with van der Waals surface area (Å²) in [5, 5.41) is 9.05. The van der Waals surface area contributed by atoms with Crippen molar-refractivity contribution in [2.24, 2.45) is 0 Å². The Morgan fingerprint density at radius 2 is 0.952 bits per heavy atom. The normalized spacial score (nSPS) is 11.9. The van der Waals surface area contributed by atoms with Crippen LogP contribution >= 0.6 is 0 Å². The molecule has 18 heteroatoms. The molecule has 2 heterocycles. The number of para-hydroxylation sites is 2. The second-order valence-electron chi connectivity index (χ2n) is 7.78. The van der Waals surface area contributed by atoms with Crippen molar-refractivity contribution in [3.05, 3.63) is 73.1 Å². The van der Waals surface area contributed by atoms with Gasteiger partial charge in [-0.2, -0.15) is 36.5 Å². The zero-order chi connectivity index (χ0) is 32.5. The highest BCUT2D eigenvalue weighted by Crippen LogP contribution is 2.21. The molecule has 232 valence electrons. The van der Waals surface area contributed by atoms with E-state index < -0.39 is 31.3 Å². The van der Waals surface area contributed by atoms with Crippen molar-refractivity contribution >= 4 is 54.2 Å². The predicted octanol–water partition coefficient (Wildman–Crippen LogP) is 4.34. The van der Waals surface area contributed by atoms with Gasteiger partial charge in [0.25, 0.3) is 0 Å². The molecule has 0 aliphatic heterocycles. The minimum Gasteiger partial charge on any atom is -0.741 e. The van der Waals surface area contributed by atoms with E-state index in [0.717, 1.165) is 24.5 Å². The fraction of sp³-hybridized carbons (Fsp3) is 0.250. The number of aromatic amines is 2. The monoisotopic (exact) mass is 644 g/mol. The lowest BCUT2D eigenvalue weighted by molar-refractivity contribution is -0.723. The molecule has 2 aromatic carbocycles. The maximum Gasteiger partial charge on any atom is 0.485 e. The maximum atomic E-state index is 10.7. The number of H-pyrrole nitrogens is 2. The Balaban J connectivity index is 0.000000289. The lowest BCUT2D eigenvalue weighted by atomic mass is 10.2. The largest absolute Gasteiger partial charge is 0.741 e. The summed E-state index contributed by atoms with van der Waals surface area (Å²) in [5.74, 6) is 0. The molecule has 2 aromatic heterocycles. The Labute approximate surface area is 237 Å². The number of halogens is 6. The molecule has 0 saturated heterocycles. The molecular weight excluding hydrogens is 618 g/mol. The first-order valence-electron chi connectivity index (χ1n) is 11.5. The number of aryl methyl sites for hydroxylation is 2. The van der Waals surface area contributed by atoms with Crippen LogP contribution in [0.5, 0.6) is 0 Å². The highest BCUT2D eigenvalue weighted by molar-refractivity contribution is 7.86. The molecule has 0 aliphatic carbocycles. The van der Waals surface area contributed by atoms with E-state index in [9.17, 15) is 26.3 Å². The first-order valence-corrected chi connectivity index (χ1v) is 14.3. The van der Waals surface area contributed by atoms with E-state index in [4.69, 9.17) is 25.9 Å². The molecule has 42 heavy (non-hydrogen) atoms. The van der Waals surface area contributed by atoms with Crippen molar-refractivity contribution in [3.63, 3.8) is 0 Å². The summed E-state index contributed by atoms with van der Waals surface area (Å²) in [7, 11) is -12.2. The van der Waals surface area contributed by atoms with Crippen molar-refractivity contribution in [2.45, 2.75) is 38.0 Å². The zero-order valence-electron chi connectivity index (χ0n) is 22.0. The van der Waals surface area contributed by atoms with Gasteiger partial charge in [0.05, 0.1) is 10.8 Å². The highest BCUT2D eigenvalue weighted by atomic mass is 32.2. The van der Waals surface area contributed by atoms with Gasteiger partial charge in [-0.1, -0.05) is 37.4 Å². The second kappa shape index (κ2) is 14.4. The average molecular weight is 645 g/mol. The van der Waals surface area contributed by atoms with Crippen LogP contribution in [0.15, 0.2) is 61.7 Å². The number of alkyl halides is 6. The minimum atomic E-state index is -6.09. The number of hydrogen-bond acceptors (Lipinski definition) is 6. The number of rotatable bonds is 4. The van der Waals surface area contributed by atoms with E-state index >= 15 is 0 Å². The predicted molar refractivity (Wildman–Crippen MR) is 140 cm³/mol. The van der Waals surface area contributed by atoms with Crippen molar-refractivity contribution in [1.82, 2.24) is 10.2 Å². The maximum absolute atomic E-state index is 10.7. The van der Waals surface area contributed by atoms with E-state index in [1.54, 1.807) is 0 Å². The van der Waals surface area contributed by atoms with Crippen molar-refractivity contribution in [1.29, 1.82) is 0 Å². The molecule has 10 nitrogen and oxygen atoms in total. The number of nitrogens with zero attached hydrogens (tertiary/aromatic N) is 2. The summed E-state index contributed by atoms with van der Waals surface area (Å²) in [5.41, 5.74) is -6.63. The summed E-state index contributed by atoms with van der Waals surface area (Å²) < 4.78 is 122. The van der Waals surface area contributed by atoms with E-state index in [2.05, 4.69) is 83.0 Å². The Bertz CT molecular complexity index is 1600. The van der Waals surface area contributed by atoms with Crippen LogP contribution in [0.4, 0.5) is 26.3 Å². The Kier molecular flexibility index (Phi) is 12.5. The van der Waals surface area contributed by atoms with Gasteiger partial charge in [0, 0.05) is 12.1 Å². The second-order valence-corrected chi connectivity index (χ2v) is 10.5. The van der Waals surface area contributed by atoms with Gasteiger partial charge < -0.3 is 9.11 Å². The summed E-state index contributed by atoms with van der Waals surface area (Å²) >= 11 is 0. The van der Waals surface area contributed by atoms with Crippen molar-refractivity contribution < 1.29 is 61.6 Å². The van der Waals surface area contributed by atoms with Crippen LogP contribution in [0.25, 0.3) is 34.0 Å². The van der Waals surface area contributed by atoms with Gasteiger partial charge in [-0.25, -0.2) is 16.8 Å². The SMILES string of the molecule is C=Cc1[nH][n+](CC)c2ccccc12.C=Cc1[nH][n+](CC)c2ccccc12.O=S(=O)([O-])C(F)(F)F.O=S(=O)([O-])C(F)(F)F. The van der Waals surface area contributed by atoms with E-state index in [1.807, 2.05) is 24.3 Å². The highest BCUT2D eigenvalue weighted by Gasteiger charge is 2.37. The summed E-state index contributed by atoms with van der Waals surface area (Å²) in [6.07, 6.45) is 3.71. The van der Waals surface area contributed by atoms with Gasteiger partial charge in [0.15, 0.2) is 33.3 Å². The number of hydrogen-bond donors (Lipinski definition) is 2. The van der Waals surface area contributed by atoms with Gasteiger partial charge >= 0.3 is 11.0 Å². The molecule has 2 N–H and O–H groups in total. The van der Waals surface area contributed by atoms with Crippen molar-refractivity contribution in [3.8, 4) is 0 Å². The van der Waals surface area contributed by atoms with Crippen LogP contribution in [0, 0.1) is 0 Å². The molecule has 4 rings (SSSR count). The Morgan fingerprint density at radius 1 is 0.690 bits per heavy atom. The minimum absolute atomic E-state index is 0.953. The molecular formula is C24H26F6N4O6S2. The number of fused-ring (bicyclic) bond motifs is 2. The zero-order valence-corrected chi connectivity index (χ0v) is 23.7. The van der Waals surface area contributed by atoms with Gasteiger partial charge in [-0.05, 0) is 38.1 Å². The van der Waals surface area contributed by atoms with Crippen LogP contribution in [-0.4, -0.2) is 47.2 Å². The van der Waals surface area contributed by atoms with Crippen molar-refractivity contribution in [2.75, 3.05) is 0 Å². The molecule has 0 amide bonds. The molecule has 0 unspecified atom stereocenters. The smallest absolute Gasteiger partial charge is 0.485 e. The third kappa shape index (κ3) is 9.68. The van der Waals surface area contributed by atoms with Gasteiger partial charge in [-0.3, -0.25) is 0 Å². The summed E-state index contributed by atoms with van der Waals surface area (Å²) in [6, 6.07) is 16.6. The molecule has 0 saturated carbocycles. The first-order chi connectivity index (χ1) is 19.2. The number of aromatic nitrogens is 4. The third-order valence-corrected chi connectivity index (χ3v) is 6.22. The quantitative estimate of drug-likeness (QED) is 0.146. The number of benzene rings is 2. The molecule has 0 fully saturated rings. The third-order valence-electron chi connectivity index (χ3n) is 5.09. The molecule has 0 bridgehead atoms. The first kappa shape index (κ1) is 36.3. The molecule has 0 spiro atoms.